The van der Waals surface area contributed by atoms with Gasteiger partial charge in [-0.05, 0) is 31.5 Å². The molecule has 0 radical (unpaired) electrons. The van der Waals surface area contributed by atoms with Crippen molar-refractivity contribution < 1.29 is 19.8 Å². The first kappa shape index (κ1) is 14.3. The third-order valence-corrected chi connectivity index (χ3v) is 3.58. The minimum Gasteiger partial charge on any atom is -0.508 e. The molecule has 0 aromatic heterocycles. The fraction of sp³-hybridized carbons (Fsp3) is 0.429. The molecule has 6 nitrogen and oxygen atoms in total. The Hall–Kier alpha value is -2.08. The van der Waals surface area contributed by atoms with E-state index in [9.17, 15) is 19.8 Å². The lowest BCUT2D eigenvalue weighted by atomic mass is 10.0. The van der Waals surface area contributed by atoms with Crippen molar-refractivity contribution >= 4 is 11.8 Å². The number of likely N-dealkylation sites (tertiary alicyclic amines) is 1. The molecule has 1 heterocycles. The summed E-state index contributed by atoms with van der Waals surface area (Å²) in [5.41, 5.74) is 0.511. The van der Waals surface area contributed by atoms with Crippen LogP contribution in [0.3, 0.4) is 0 Å². The highest BCUT2D eigenvalue weighted by Gasteiger charge is 2.32. The highest BCUT2D eigenvalue weighted by molar-refractivity contribution is 6.00. The average molecular weight is 278 g/mol. The van der Waals surface area contributed by atoms with Gasteiger partial charge in [-0.1, -0.05) is 0 Å². The maximum absolute atomic E-state index is 12.0. The summed E-state index contributed by atoms with van der Waals surface area (Å²) < 4.78 is 0. The number of amides is 2. The van der Waals surface area contributed by atoms with E-state index >= 15 is 0 Å². The zero-order valence-corrected chi connectivity index (χ0v) is 11.5. The molecule has 108 valence electrons. The highest BCUT2D eigenvalue weighted by atomic mass is 16.3. The van der Waals surface area contributed by atoms with Gasteiger partial charge in [0.05, 0.1) is 6.04 Å². The fourth-order valence-corrected chi connectivity index (χ4v) is 2.35. The van der Waals surface area contributed by atoms with Gasteiger partial charge in [-0.25, -0.2) is 0 Å². The first-order valence-corrected chi connectivity index (χ1v) is 6.48. The Balaban J connectivity index is 2.11. The summed E-state index contributed by atoms with van der Waals surface area (Å²) in [5, 5.41) is 22.3. The Morgan fingerprint density at radius 2 is 2.05 bits per heavy atom. The molecule has 1 aliphatic heterocycles. The number of nitrogens with one attached hydrogen (secondary N) is 1. The number of nitrogens with zero attached hydrogens (tertiary/aromatic N) is 1. The van der Waals surface area contributed by atoms with Gasteiger partial charge in [-0.2, -0.15) is 0 Å². The lowest BCUT2D eigenvalue weighted by molar-refractivity contribution is -0.148. The molecule has 6 heteroatoms. The van der Waals surface area contributed by atoms with Crippen molar-refractivity contribution in [1.29, 1.82) is 0 Å². The van der Waals surface area contributed by atoms with Gasteiger partial charge in [-0.3, -0.25) is 19.8 Å². The maximum atomic E-state index is 12.0. The molecule has 1 aromatic carbocycles. The molecule has 1 aromatic rings. The number of phenolic OH excluding ortho intramolecular Hbond substituents is 2. The molecule has 1 fully saturated rings. The van der Waals surface area contributed by atoms with Gasteiger partial charge < -0.3 is 10.2 Å². The van der Waals surface area contributed by atoms with Crippen LogP contribution < -0.4 is 5.32 Å². The molecular formula is C14H18N2O4. The summed E-state index contributed by atoms with van der Waals surface area (Å²) in [6.45, 7) is 1.79. The second-order valence-corrected chi connectivity index (χ2v) is 5.01. The summed E-state index contributed by atoms with van der Waals surface area (Å²) in [4.78, 5) is 24.5. The minimum absolute atomic E-state index is 0.0497. The van der Waals surface area contributed by atoms with Crippen molar-refractivity contribution in [2.24, 2.45) is 0 Å². The van der Waals surface area contributed by atoms with Crippen molar-refractivity contribution in [2.45, 2.75) is 31.8 Å². The molecule has 0 saturated carbocycles. The van der Waals surface area contributed by atoms with E-state index in [4.69, 9.17) is 0 Å². The largest absolute Gasteiger partial charge is 0.508 e. The summed E-state index contributed by atoms with van der Waals surface area (Å²) in [7, 11) is 1.47. The lowest BCUT2D eigenvalue weighted by Gasteiger charge is -2.30. The maximum Gasteiger partial charge on any atom is 0.246 e. The van der Waals surface area contributed by atoms with E-state index in [-0.39, 0.29) is 29.4 Å². The molecular weight excluding hydrogens is 260 g/mol. The molecule has 20 heavy (non-hydrogen) atoms. The molecule has 1 aliphatic rings. The molecule has 0 aliphatic carbocycles. The van der Waals surface area contributed by atoms with E-state index in [0.717, 1.165) is 4.90 Å². The van der Waals surface area contributed by atoms with Gasteiger partial charge in [0.15, 0.2) is 0 Å². The van der Waals surface area contributed by atoms with Gasteiger partial charge >= 0.3 is 0 Å². The van der Waals surface area contributed by atoms with E-state index in [2.05, 4.69) is 5.32 Å². The average Bonchev–Trinajstić information content (AvgIpc) is 2.42. The second-order valence-electron chi connectivity index (χ2n) is 5.01. The first-order valence-electron chi connectivity index (χ1n) is 6.48. The molecule has 0 spiro atoms. The zero-order chi connectivity index (χ0) is 14.9. The van der Waals surface area contributed by atoms with E-state index in [0.29, 0.717) is 18.4 Å². The van der Waals surface area contributed by atoms with Crippen LogP contribution in [0.2, 0.25) is 0 Å². The molecule has 3 N–H and O–H groups in total. The van der Waals surface area contributed by atoms with Crippen LogP contribution >= 0.6 is 0 Å². The molecule has 0 bridgehead atoms. The molecule has 2 unspecified atom stereocenters. The number of rotatable bonds is 3. The Morgan fingerprint density at radius 3 is 2.75 bits per heavy atom. The van der Waals surface area contributed by atoms with Gasteiger partial charge in [0.1, 0.15) is 11.5 Å². The number of hydrogen-bond donors (Lipinski definition) is 3. The predicted molar refractivity (Wildman–Crippen MR) is 72.1 cm³/mol. The van der Waals surface area contributed by atoms with Crippen molar-refractivity contribution in [3.63, 3.8) is 0 Å². The number of phenols is 2. The number of likely N-dealkylation sites (N-methyl/N-ethyl adjacent to an activating group) is 1. The third kappa shape index (κ3) is 2.75. The van der Waals surface area contributed by atoms with E-state index in [1.54, 1.807) is 6.92 Å². The topological polar surface area (TPSA) is 89.9 Å². The summed E-state index contributed by atoms with van der Waals surface area (Å²) in [5.74, 6) is -0.349. The SMILES string of the molecule is CC(NC1CCC(=O)N(C)C1=O)c1cc(O)ccc1O. The molecule has 2 amide bonds. The van der Waals surface area contributed by atoms with Crippen LogP contribution in [0, 0.1) is 0 Å². The Kier molecular flexibility index (Phi) is 3.94. The smallest absolute Gasteiger partial charge is 0.246 e. The molecule has 2 atom stereocenters. The van der Waals surface area contributed by atoms with Crippen LogP contribution in [0.1, 0.15) is 31.4 Å². The number of imide groups is 1. The van der Waals surface area contributed by atoms with Crippen LogP contribution in [0.4, 0.5) is 0 Å². The Labute approximate surface area is 117 Å². The van der Waals surface area contributed by atoms with E-state index in [1.165, 1.54) is 25.2 Å². The number of carbonyl (C=O) groups is 2. The van der Waals surface area contributed by atoms with Crippen LogP contribution in [0.25, 0.3) is 0 Å². The number of hydrogen-bond acceptors (Lipinski definition) is 5. The highest BCUT2D eigenvalue weighted by Crippen LogP contribution is 2.28. The van der Waals surface area contributed by atoms with Crippen molar-refractivity contribution in [3.05, 3.63) is 23.8 Å². The number of aromatic hydroxyl groups is 2. The van der Waals surface area contributed by atoms with Crippen molar-refractivity contribution in [1.82, 2.24) is 10.2 Å². The minimum atomic E-state index is -0.463. The summed E-state index contributed by atoms with van der Waals surface area (Å²) in [6.07, 6.45) is 0.755. The van der Waals surface area contributed by atoms with Crippen LogP contribution in [-0.2, 0) is 9.59 Å². The number of benzene rings is 1. The van der Waals surface area contributed by atoms with Gasteiger partial charge in [0, 0.05) is 25.1 Å². The molecule has 2 rings (SSSR count). The van der Waals surface area contributed by atoms with Crippen LogP contribution in [0.5, 0.6) is 11.5 Å². The first-order chi connectivity index (χ1) is 9.40. The Bertz CT molecular complexity index is 544. The fourth-order valence-electron chi connectivity index (χ4n) is 2.35. The third-order valence-electron chi connectivity index (χ3n) is 3.58. The Morgan fingerprint density at radius 1 is 1.35 bits per heavy atom. The summed E-state index contributed by atoms with van der Waals surface area (Å²) in [6, 6.07) is 3.47. The van der Waals surface area contributed by atoms with Crippen molar-refractivity contribution in [3.8, 4) is 11.5 Å². The second kappa shape index (κ2) is 5.50. The molecule has 1 saturated heterocycles. The van der Waals surface area contributed by atoms with Gasteiger partial charge in [0.25, 0.3) is 0 Å². The standard InChI is InChI=1S/C14H18N2O4/c1-8(10-7-9(17)3-5-12(10)18)15-11-4-6-13(19)16(2)14(11)20/h3,5,7-8,11,15,17-18H,4,6H2,1-2H3. The lowest BCUT2D eigenvalue weighted by Crippen LogP contribution is -2.51. The predicted octanol–water partition coefficient (Wildman–Crippen LogP) is 0.896. The quantitative estimate of drug-likeness (QED) is 0.564. The number of piperidine rings is 1. The van der Waals surface area contributed by atoms with E-state index < -0.39 is 6.04 Å². The van der Waals surface area contributed by atoms with Crippen LogP contribution in [0.15, 0.2) is 18.2 Å². The van der Waals surface area contributed by atoms with Gasteiger partial charge in [0.2, 0.25) is 11.8 Å². The van der Waals surface area contributed by atoms with Crippen LogP contribution in [-0.4, -0.2) is 40.0 Å². The van der Waals surface area contributed by atoms with Crippen molar-refractivity contribution in [2.75, 3.05) is 7.05 Å². The number of carbonyl (C=O) groups excluding carboxylic acids is 2. The normalized spacial score (nSPS) is 21.1. The van der Waals surface area contributed by atoms with Gasteiger partial charge in [-0.15, -0.1) is 0 Å². The monoisotopic (exact) mass is 278 g/mol. The van der Waals surface area contributed by atoms with E-state index in [1.807, 2.05) is 0 Å². The summed E-state index contributed by atoms with van der Waals surface area (Å²) >= 11 is 0. The zero-order valence-electron chi connectivity index (χ0n) is 11.5.